The van der Waals surface area contributed by atoms with Gasteiger partial charge in [0.1, 0.15) is 0 Å². The fourth-order valence-electron chi connectivity index (χ4n) is 3.42. The third-order valence-corrected chi connectivity index (χ3v) is 6.79. The molecular weight excluding hydrogens is 338 g/mol. The number of hydrogen-bond donors (Lipinski definition) is 0. The number of rotatable bonds is 4. The molecule has 2 aliphatic heterocycles. The van der Waals surface area contributed by atoms with E-state index < -0.39 is 10.0 Å². The van der Waals surface area contributed by atoms with Gasteiger partial charge in [0, 0.05) is 51.9 Å². The van der Waals surface area contributed by atoms with Gasteiger partial charge in [-0.05, 0) is 37.1 Å². The third-order valence-electron chi connectivity index (χ3n) is 4.89. The number of carbonyl (C=O) groups excluding carboxylic acids is 1. The highest BCUT2D eigenvalue weighted by molar-refractivity contribution is 7.89. The van der Waals surface area contributed by atoms with Crippen molar-refractivity contribution in [2.75, 3.05) is 44.2 Å². The number of allylic oxidation sites excluding steroid dienone is 1. The van der Waals surface area contributed by atoms with E-state index in [0.717, 1.165) is 30.9 Å². The first-order chi connectivity index (χ1) is 11.9. The summed E-state index contributed by atoms with van der Waals surface area (Å²) in [6, 6.07) is 5.13. The molecule has 25 heavy (non-hydrogen) atoms. The van der Waals surface area contributed by atoms with Crippen LogP contribution in [0.3, 0.4) is 0 Å². The van der Waals surface area contributed by atoms with E-state index >= 15 is 0 Å². The second-order valence-corrected chi connectivity index (χ2v) is 8.42. The second-order valence-electron chi connectivity index (χ2n) is 6.48. The number of piperazine rings is 1. The number of benzene rings is 1. The monoisotopic (exact) mass is 363 g/mol. The molecule has 1 aromatic rings. The van der Waals surface area contributed by atoms with Gasteiger partial charge in [-0.25, -0.2) is 8.42 Å². The summed E-state index contributed by atoms with van der Waals surface area (Å²) in [5.41, 5.74) is 1.77. The predicted molar refractivity (Wildman–Crippen MR) is 98.2 cm³/mol. The molecule has 136 valence electrons. The van der Waals surface area contributed by atoms with Crippen molar-refractivity contribution in [3.63, 3.8) is 0 Å². The Labute approximate surface area is 149 Å². The van der Waals surface area contributed by atoms with Crippen LogP contribution in [0.2, 0.25) is 0 Å². The summed E-state index contributed by atoms with van der Waals surface area (Å²) < 4.78 is 27.4. The summed E-state index contributed by atoms with van der Waals surface area (Å²) in [5, 5.41) is 0. The minimum Gasteiger partial charge on any atom is -0.312 e. The lowest BCUT2D eigenvalue weighted by molar-refractivity contribution is -0.116. The molecule has 3 rings (SSSR count). The van der Waals surface area contributed by atoms with E-state index in [-0.39, 0.29) is 5.91 Å². The predicted octanol–water partition coefficient (Wildman–Crippen LogP) is 1.48. The van der Waals surface area contributed by atoms with Gasteiger partial charge < -0.3 is 4.90 Å². The number of anilines is 1. The first-order valence-corrected chi connectivity index (χ1v) is 10.1. The minimum atomic E-state index is -3.48. The summed E-state index contributed by atoms with van der Waals surface area (Å²) in [4.78, 5) is 15.9. The molecule has 0 N–H and O–H groups in total. The Kier molecular flexibility index (Phi) is 5.27. The molecule has 0 bridgehead atoms. The SMILES string of the molecule is C/C=C/CN1CCN(S(=O)(=O)c2ccc3c(c2)CCN3C(C)=O)CC1. The van der Waals surface area contributed by atoms with Gasteiger partial charge in [-0.2, -0.15) is 4.31 Å². The largest absolute Gasteiger partial charge is 0.312 e. The smallest absolute Gasteiger partial charge is 0.243 e. The van der Waals surface area contributed by atoms with Crippen molar-refractivity contribution < 1.29 is 13.2 Å². The van der Waals surface area contributed by atoms with Gasteiger partial charge in [0.15, 0.2) is 0 Å². The molecule has 1 aromatic carbocycles. The van der Waals surface area contributed by atoms with Crippen LogP contribution in [0.1, 0.15) is 19.4 Å². The van der Waals surface area contributed by atoms with E-state index in [2.05, 4.69) is 11.0 Å². The average molecular weight is 363 g/mol. The first kappa shape index (κ1) is 18.1. The number of sulfonamides is 1. The Morgan fingerprint density at radius 3 is 2.52 bits per heavy atom. The van der Waals surface area contributed by atoms with Crippen LogP contribution in [-0.2, 0) is 21.2 Å². The fourth-order valence-corrected chi connectivity index (χ4v) is 4.90. The topological polar surface area (TPSA) is 60.9 Å². The molecular formula is C18H25N3O3S. The average Bonchev–Trinajstić information content (AvgIpc) is 3.03. The van der Waals surface area contributed by atoms with Crippen molar-refractivity contribution in [1.82, 2.24) is 9.21 Å². The lowest BCUT2D eigenvalue weighted by atomic mass is 10.2. The van der Waals surface area contributed by atoms with Gasteiger partial charge in [0.25, 0.3) is 0 Å². The first-order valence-electron chi connectivity index (χ1n) is 8.68. The van der Waals surface area contributed by atoms with E-state index in [1.165, 1.54) is 6.92 Å². The molecule has 0 radical (unpaired) electrons. The Balaban J connectivity index is 1.75. The van der Waals surface area contributed by atoms with Gasteiger partial charge in [0.2, 0.25) is 15.9 Å². The Morgan fingerprint density at radius 1 is 1.16 bits per heavy atom. The molecule has 0 unspecified atom stereocenters. The molecule has 2 aliphatic rings. The zero-order valence-corrected chi connectivity index (χ0v) is 15.6. The highest BCUT2D eigenvalue weighted by Crippen LogP contribution is 2.31. The fraction of sp³-hybridized carbons (Fsp3) is 0.500. The van der Waals surface area contributed by atoms with Crippen LogP contribution in [0.25, 0.3) is 0 Å². The van der Waals surface area contributed by atoms with E-state index in [1.807, 2.05) is 13.0 Å². The minimum absolute atomic E-state index is 0.00777. The van der Waals surface area contributed by atoms with Gasteiger partial charge in [-0.15, -0.1) is 0 Å². The van der Waals surface area contributed by atoms with Gasteiger partial charge in [-0.3, -0.25) is 9.69 Å². The van der Waals surface area contributed by atoms with Crippen LogP contribution in [0.15, 0.2) is 35.2 Å². The van der Waals surface area contributed by atoms with Gasteiger partial charge >= 0.3 is 0 Å². The normalized spacial score (nSPS) is 19.5. The third kappa shape index (κ3) is 3.63. The highest BCUT2D eigenvalue weighted by atomic mass is 32.2. The van der Waals surface area contributed by atoms with Gasteiger partial charge in [-0.1, -0.05) is 12.2 Å². The van der Waals surface area contributed by atoms with Crippen LogP contribution in [0.5, 0.6) is 0 Å². The van der Waals surface area contributed by atoms with E-state index in [9.17, 15) is 13.2 Å². The van der Waals surface area contributed by atoms with Crippen molar-refractivity contribution in [2.24, 2.45) is 0 Å². The van der Waals surface area contributed by atoms with Crippen LogP contribution in [0, 0.1) is 0 Å². The van der Waals surface area contributed by atoms with Crippen molar-refractivity contribution >= 4 is 21.6 Å². The molecule has 7 heteroatoms. The van der Waals surface area contributed by atoms with Crippen LogP contribution in [-0.4, -0.2) is 62.8 Å². The van der Waals surface area contributed by atoms with Gasteiger partial charge in [0.05, 0.1) is 4.90 Å². The maximum atomic E-state index is 12.9. The number of fused-ring (bicyclic) bond motifs is 1. The maximum absolute atomic E-state index is 12.9. The van der Waals surface area contributed by atoms with Crippen molar-refractivity contribution in [3.05, 3.63) is 35.9 Å². The van der Waals surface area contributed by atoms with Crippen molar-refractivity contribution in [2.45, 2.75) is 25.2 Å². The molecule has 0 spiro atoms. The zero-order valence-electron chi connectivity index (χ0n) is 14.8. The quantitative estimate of drug-likeness (QED) is 0.760. The lowest BCUT2D eigenvalue weighted by Gasteiger charge is -2.33. The molecule has 2 heterocycles. The number of nitrogens with zero attached hydrogens (tertiary/aromatic N) is 3. The van der Waals surface area contributed by atoms with E-state index in [4.69, 9.17) is 0 Å². The van der Waals surface area contributed by atoms with Crippen molar-refractivity contribution in [1.29, 1.82) is 0 Å². The number of amides is 1. The molecule has 0 atom stereocenters. The Morgan fingerprint density at radius 2 is 1.88 bits per heavy atom. The summed E-state index contributed by atoms with van der Waals surface area (Å²) in [5.74, 6) is -0.00777. The van der Waals surface area contributed by atoms with Crippen molar-refractivity contribution in [3.8, 4) is 0 Å². The Hall–Kier alpha value is -1.70. The standard InChI is InChI=1S/C18H25N3O3S/c1-3-4-8-19-10-12-20(13-11-19)25(23,24)17-5-6-18-16(14-17)7-9-21(18)15(2)22/h3-6,14H,7-13H2,1-2H3/b4-3+. The molecule has 1 fully saturated rings. The van der Waals surface area contributed by atoms with Crippen LogP contribution < -0.4 is 4.90 Å². The molecule has 0 aromatic heterocycles. The summed E-state index contributed by atoms with van der Waals surface area (Å²) >= 11 is 0. The molecule has 0 aliphatic carbocycles. The molecule has 1 amide bonds. The molecule has 1 saturated heterocycles. The second kappa shape index (κ2) is 7.27. The number of carbonyl (C=O) groups is 1. The summed E-state index contributed by atoms with van der Waals surface area (Å²) in [6.07, 6.45) is 4.80. The summed E-state index contributed by atoms with van der Waals surface area (Å²) in [7, 11) is -3.48. The summed E-state index contributed by atoms with van der Waals surface area (Å²) in [6.45, 7) is 7.52. The molecule has 6 nitrogen and oxygen atoms in total. The Bertz CT molecular complexity index is 781. The maximum Gasteiger partial charge on any atom is 0.243 e. The molecule has 0 saturated carbocycles. The zero-order chi connectivity index (χ0) is 18.0. The number of hydrogen-bond acceptors (Lipinski definition) is 4. The van der Waals surface area contributed by atoms with Crippen LogP contribution >= 0.6 is 0 Å². The highest BCUT2D eigenvalue weighted by Gasteiger charge is 2.30. The lowest BCUT2D eigenvalue weighted by Crippen LogP contribution is -2.48. The van der Waals surface area contributed by atoms with E-state index in [0.29, 0.717) is 31.0 Å². The van der Waals surface area contributed by atoms with Crippen LogP contribution in [0.4, 0.5) is 5.69 Å². The van der Waals surface area contributed by atoms with E-state index in [1.54, 1.807) is 27.4 Å².